The summed E-state index contributed by atoms with van der Waals surface area (Å²) >= 11 is 0. The smallest absolute Gasteiger partial charge is 0.0663 e. The molecule has 3 N–H and O–H groups in total. The van der Waals surface area contributed by atoms with Crippen LogP contribution in [0.25, 0.3) is 0 Å². The van der Waals surface area contributed by atoms with Gasteiger partial charge >= 0.3 is 0 Å². The fraction of sp³-hybridized carbons (Fsp3) is 0.667. The molecule has 1 aliphatic carbocycles. The third-order valence-electron chi connectivity index (χ3n) is 4.63. The van der Waals surface area contributed by atoms with Gasteiger partial charge in [0.1, 0.15) is 0 Å². The molecule has 18 heavy (non-hydrogen) atoms. The van der Waals surface area contributed by atoms with Gasteiger partial charge in [0.2, 0.25) is 0 Å². The van der Waals surface area contributed by atoms with E-state index in [1.54, 1.807) is 0 Å². The normalized spacial score (nSPS) is 30.1. The van der Waals surface area contributed by atoms with E-state index in [-0.39, 0.29) is 6.04 Å². The quantitative estimate of drug-likeness (QED) is 0.638. The number of aromatic nitrogens is 1. The van der Waals surface area contributed by atoms with Gasteiger partial charge in [0.05, 0.1) is 11.7 Å². The Kier molecular flexibility index (Phi) is 4.36. The molecule has 3 nitrogen and oxygen atoms in total. The van der Waals surface area contributed by atoms with Crippen LogP contribution in [0.5, 0.6) is 0 Å². The maximum Gasteiger partial charge on any atom is 0.0663 e. The summed E-state index contributed by atoms with van der Waals surface area (Å²) in [5.74, 6) is 8.02. The number of hydrazine groups is 1. The van der Waals surface area contributed by atoms with Crippen molar-refractivity contribution in [2.75, 3.05) is 0 Å². The van der Waals surface area contributed by atoms with Crippen molar-refractivity contribution < 1.29 is 0 Å². The lowest BCUT2D eigenvalue weighted by atomic mass is 9.72. The van der Waals surface area contributed by atoms with Crippen LogP contribution in [0, 0.1) is 24.7 Å². The van der Waals surface area contributed by atoms with Crippen molar-refractivity contribution in [3.05, 3.63) is 29.6 Å². The van der Waals surface area contributed by atoms with E-state index in [9.17, 15) is 0 Å². The van der Waals surface area contributed by atoms with E-state index >= 15 is 0 Å². The van der Waals surface area contributed by atoms with E-state index in [2.05, 4.69) is 37.2 Å². The van der Waals surface area contributed by atoms with Crippen LogP contribution >= 0.6 is 0 Å². The number of nitrogens with zero attached hydrogens (tertiary/aromatic N) is 1. The molecule has 0 aliphatic heterocycles. The summed E-state index contributed by atoms with van der Waals surface area (Å²) in [5, 5.41) is 0. The number of nitrogens with one attached hydrogen (secondary N) is 1. The molecule has 0 saturated heterocycles. The van der Waals surface area contributed by atoms with Crippen molar-refractivity contribution in [3.8, 4) is 0 Å². The van der Waals surface area contributed by atoms with Gasteiger partial charge in [0, 0.05) is 6.20 Å². The summed E-state index contributed by atoms with van der Waals surface area (Å²) in [6.07, 6.45) is 5.65. The maximum atomic E-state index is 5.79. The van der Waals surface area contributed by atoms with E-state index in [1.807, 2.05) is 12.3 Å². The van der Waals surface area contributed by atoms with Crippen molar-refractivity contribution in [1.82, 2.24) is 10.4 Å². The van der Waals surface area contributed by atoms with Gasteiger partial charge in [-0.05, 0) is 49.1 Å². The first kappa shape index (κ1) is 13.5. The van der Waals surface area contributed by atoms with Crippen LogP contribution < -0.4 is 11.3 Å². The Morgan fingerprint density at radius 2 is 2.11 bits per heavy atom. The zero-order valence-electron chi connectivity index (χ0n) is 11.7. The summed E-state index contributed by atoms with van der Waals surface area (Å²) in [5.41, 5.74) is 5.35. The monoisotopic (exact) mass is 247 g/mol. The van der Waals surface area contributed by atoms with Crippen LogP contribution in [0.3, 0.4) is 0 Å². The zero-order chi connectivity index (χ0) is 13.1. The van der Waals surface area contributed by atoms with Gasteiger partial charge in [-0.3, -0.25) is 16.3 Å². The standard InChI is InChI=1S/C15H25N3/c1-10-6-7-13(9-12(10)3)15(18-16)14-11(2)5-4-8-17-14/h4-5,8,10,12-13,15,18H,6-7,9,16H2,1-3H3. The SMILES string of the molecule is Cc1cccnc1C(NN)C1CCC(C)C(C)C1. The summed E-state index contributed by atoms with van der Waals surface area (Å²) in [6.45, 7) is 6.83. The summed E-state index contributed by atoms with van der Waals surface area (Å²) in [4.78, 5) is 4.53. The zero-order valence-corrected chi connectivity index (χ0v) is 11.7. The molecule has 1 aromatic rings. The lowest BCUT2D eigenvalue weighted by Gasteiger charge is -2.36. The van der Waals surface area contributed by atoms with Crippen LogP contribution in [-0.4, -0.2) is 4.98 Å². The highest BCUT2D eigenvalue weighted by Gasteiger charge is 2.31. The Balaban J connectivity index is 2.17. The van der Waals surface area contributed by atoms with Gasteiger partial charge in [-0.15, -0.1) is 0 Å². The van der Waals surface area contributed by atoms with Gasteiger partial charge in [-0.2, -0.15) is 0 Å². The minimum absolute atomic E-state index is 0.196. The van der Waals surface area contributed by atoms with Crippen molar-refractivity contribution in [3.63, 3.8) is 0 Å². The van der Waals surface area contributed by atoms with Gasteiger partial charge in [0.15, 0.2) is 0 Å². The van der Waals surface area contributed by atoms with Crippen molar-refractivity contribution >= 4 is 0 Å². The second-order valence-corrected chi connectivity index (χ2v) is 5.88. The molecule has 0 aromatic carbocycles. The number of hydrogen-bond acceptors (Lipinski definition) is 3. The molecule has 1 saturated carbocycles. The molecule has 1 aromatic heterocycles. The molecule has 0 amide bonds. The van der Waals surface area contributed by atoms with E-state index in [4.69, 9.17) is 5.84 Å². The average Bonchev–Trinajstić information content (AvgIpc) is 2.37. The van der Waals surface area contributed by atoms with Gasteiger partial charge in [-0.25, -0.2) is 0 Å². The van der Waals surface area contributed by atoms with Gasteiger partial charge in [0.25, 0.3) is 0 Å². The highest BCUT2D eigenvalue weighted by molar-refractivity contribution is 5.21. The number of hydrogen-bond donors (Lipinski definition) is 2. The predicted molar refractivity (Wildman–Crippen MR) is 74.7 cm³/mol. The average molecular weight is 247 g/mol. The summed E-state index contributed by atoms with van der Waals surface area (Å²) in [7, 11) is 0. The molecule has 0 spiro atoms. The van der Waals surface area contributed by atoms with Crippen molar-refractivity contribution in [1.29, 1.82) is 0 Å². The molecule has 3 heteroatoms. The largest absolute Gasteiger partial charge is 0.271 e. The van der Waals surface area contributed by atoms with Gasteiger partial charge in [-0.1, -0.05) is 26.3 Å². The maximum absolute atomic E-state index is 5.79. The third kappa shape index (κ3) is 2.73. The molecule has 1 fully saturated rings. The molecule has 2 rings (SSSR count). The molecular weight excluding hydrogens is 222 g/mol. The summed E-state index contributed by atoms with van der Waals surface area (Å²) in [6, 6.07) is 4.29. The van der Waals surface area contributed by atoms with Crippen LogP contribution in [0.1, 0.15) is 50.4 Å². The third-order valence-corrected chi connectivity index (χ3v) is 4.63. The fourth-order valence-corrected chi connectivity index (χ4v) is 3.15. The second kappa shape index (κ2) is 5.81. The molecule has 4 atom stereocenters. The molecule has 4 unspecified atom stereocenters. The Hall–Kier alpha value is -0.930. The Morgan fingerprint density at radius 1 is 1.33 bits per heavy atom. The lowest BCUT2D eigenvalue weighted by Crippen LogP contribution is -2.37. The minimum atomic E-state index is 0.196. The van der Waals surface area contributed by atoms with E-state index in [1.165, 1.54) is 24.8 Å². The Morgan fingerprint density at radius 3 is 2.72 bits per heavy atom. The lowest BCUT2D eigenvalue weighted by molar-refractivity contribution is 0.169. The van der Waals surface area contributed by atoms with Crippen LogP contribution in [-0.2, 0) is 0 Å². The number of aryl methyl sites for hydroxylation is 1. The van der Waals surface area contributed by atoms with E-state index in [0.29, 0.717) is 5.92 Å². The van der Waals surface area contributed by atoms with Crippen LogP contribution in [0.4, 0.5) is 0 Å². The number of pyridine rings is 1. The first-order chi connectivity index (χ1) is 8.63. The molecule has 1 aliphatic rings. The van der Waals surface area contributed by atoms with Crippen molar-refractivity contribution in [2.45, 2.75) is 46.1 Å². The predicted octanol–water partition coefficient (Wildman–Crippen LogP) is 2.97. The molecular formula is C15H25N3. The first-order valence-electron chi connectivity index (χ1n) is 7.01. The first-order valence-corrected chi connectivity index (χ1v) is 7.01. The molecule has 100 valence electrons. The second-order valence-electron chi connectivity index (χ2n) is 5.88. The highest BCUT2D eigenvalue weighted by Crippen LogP contribution is 2.39. The van der Waals surface area contributed by atoms with Crippen LogP contribution in [0.15, 0.2) is 18.3 Å². The van der Waals surface area contributed by atoms with E-state index in [0.717, 1.165) is 17.5 Å². The fourth-order valence-electron chi connectivity index (χ4n) is 3.15. The highest BCUT2D eigenvalue weighted by atomic mass is 15.2. The van der Waals surface area contributed by atoms with Crippen molar-refractivity contribution in [2.24, 2.45) is 23.6 Å². The number of rotatable bonds is 3. The van der Waals surface area contributed by atoms with Crippen LogP contribution in [0.2, 0.25) is 0 Å². The minimum Gasteiger partial charge on any atom is -0.271 e. The number of nitrogens with two attached hydrogens (primary N) is 1. The van der Waals surface area contributed by atoms with E-state index < -0.39 is 0 Å². The molecule has 0 bridgehead atoms. The Labute approximate surface area is 110 Å². The van der Waals surface area contributed by atoms with Gasteiger partial charge < -0.3 is 0 Å². The topological polar surface area (TPSA) is 50.9 Å². The molecule has 1 heterocycles. The summed E-state index contributed by atoms with van der Waals surface area (Å²) < 4.78 is 0. The Bertz CT molecular complexity index is 391. The molecule has 0 radical (unpaired) electrons.